The Morgan fingerprint density at radius 2 is 2.08 bits per heavy atom. The predicted octanol–water partition coefficient (Wildman–Crippen LogP) is 0.302. The number of piperidine rings is 2. The smallest absolute Gasteiger partial charge is 0.0652 e. The highest BCUT2D eigenvalue weighted by atomic mass is 16.5. The second-order valence-electron chi connectivity index (χ2n) is 4.36. The molecule has 2 aliphatic heterocycles. The molecule has 2 unspecified atom stereocenters. The maximum atomic E-state index is 5.49. The molecule has 0 aromatic carbocycles. The maximum Gasteiger partial charge on any atom is 0.0652 e. The van der Waals surface area contributed by atoms with E-state index in [4.69, 9.17) is 10.5 Å². The van der Waals surface area contributed by atoms with Gasteiger partial charge in [0.1, 0.15) is 0 Å². The maximum absolute atomic E-state index is 5.49. The lowest BCUT2D eigenvalue weighted by Crippen LogP contribution is -2.59. The van der Waals surface area contributed by atoms with Crippen molar-refractivity contribution in [1.82, 2.24) is 4.90 Å². The Hall–Kier alpha value is -0.120. The first kappa shape index (κ1) is 9.44. The van der Waals surface area contributed by atoms with Gasteiger partial charge in [-0.15, -0.1) is 0 Å². The molecule has 1 saturated carbocycles. The molecule has 2 N–H and O–H groups in total. The van der Waals surface area contributed by atoms with Crippen LogP contribution >= 0.6 is 0 Å². The summed E-state index contributed by atoms with van der Waals surface area (Å²) in [4.78, 5) is 2.54. The topological polar surface area (TPSA) is 38.5 Å². The average Bonchev–Trinajstić information content (AvgIpc) is 2.16. The first-order valence-electron chi connectivity index (χ1n) is 5.30. The number of ether oxygens (including phenoxy) is 1. The number of rotatable bonds is 4. The molecule has 0 radical (unpaired) electrons. The molecule has 2 atom stereocenters. The molecule has 0 aromatic heterocycles. The Morgan fingerprint density at radius 3 is 2.62 bits per heavy atom. The molecular weight excluding hydrogens is 164 g/mol. The molecule has 3 nitrogen and oxygen atoms in total. The average molecular weight is 184 g/mol. The molecule has 3 rings (SSSR count). The van der Waals surface area contributed by atoms with E-state index in [0.29, 0.717) is 6.10 Å². The Balaban J connectivity index is 1.76. The number of fused-ring (bicyclic) bond motifs is 2. The number of nitrogens with two attached hydrogens (primary N) is 1. The number of methoxy groups -OCH3 is 1. The molecule has 76 valence electrons. The van der Waals surface area contributed by atoms with Crippen LogP contribution in [0.1, 0.15) is 12.8 Å². The zero-order chi connectivity index (χ0) is 9.26. The number of hydrogen-bond acceptors (Lipinski definition) is 3. The highest BCUT2D eigenvalue weighted by molar-refractivity contribution is 4.98. The van der Waals surface area contributed by atoms with Crippen LogP contribution < -0.4 is 5.73 Å². The molecule has 2 bridgehead atoms. The quantitative estimate of drug-likeness (QED) is 0.683. The van der Waals surface area contributed by atoms with Gasteiger partial charge < -0.3 is 15.4 Å². The summed E-state index contributed by atoms with van der Waals surface area (Å²) in [5.41, 5.74) is 5.49. The summed E-state index contributed by atoms with van der Waals surface area (Å²) in [5, 5.41) is 0. The van der Waals surface area contributed by atoms with Crippen LogP contribution in [0.4, 0.5) is 0 Å². The molecule has 3 heteroatoms. The molecule has 13 heavy (non-hydrogen) atoms. The minimum Gasteiger partial charge on any atom is -0.381 e. The molecule has 0 aromatic rings. The van der Waals surface area contributed by atoms with Crippen molar-refractivity contribution in [2.75, 3.05) is 33.3 Å². The highest BCUT2D eigenvalue weighted by Crippen LogP contribution is 2.41. The second-order valence-corrected chi connectivity index (χ2v) is 4.36. The Kier molecular flexibility index (Phi) is 2.86. The largest absolute Gasteiger partial charge is 0.381 e. The normalized spacial score (nSPS) is 38.8. The predicted molar refractivity (Wildman–Crippen MR) is 52.5 cm³/mol. The van der Waals surface area contributed by atoms with Crippen molar-refractivity contribution < 1.29 is 4.74 Å². The van der Waals surface area contributed by atoms with E-state index in [1.165, 1.54) is 26.1 Å². The van der Waals surface area contributed by atoms with E-state index >= 15 is 0 Å². The lowest BCUT2D eigenvalue weighted by molar-refractivity contribution is -0.127. The highest BCUT2D eigenvalue weighted by Gasteiger charge is 2.46. The van der Waals surface area contributed by atoms with Crippen LogP contribution in [0, 0.1) is 11.8 Å². The van der Waals surface area contributed by atoms with E-state index in [1.807, 2.05) is 7.11 Å². The van der Waals surface area contributed by atoms with Crippen LogP contribution in [0.5, 0.6) is 0 Å². The van der Waals surface area contributed by atoms with Crippen LogP contribution in [0.15, 0.2) is 0 Å². The van der Waals surface area contributed by atoms with Gasteiger partial charge in [0.2, 0.25) is 0 Å². The Labute approximate surface area is 80.2 Å². The van der Waals surface area contributed by atoms with Crippen molar-refractivity contribution in [2.45, 2.75) is 18.9 Å². The summed E-state index contributed by atoms with van der Waals surface area (Å²) in [5.74, 6) is 1.61. The van der Waals surface area contributed by atoms with Crippen molar-refractivity contribution in [2.24, 2.45) is 17.6 Å². The van der Waals surface area contributed by atoms with Crippen LogP contribution in [-0.4, -0.2) is 44.3 Å². The van der Waals surface area contributed by atoms with Gasteiger partial charge in [-0.3, -0.25) is 0 Å². The third-order valence-corrected chi connectivity index (χ3v) is 3.47. The van der Waals surface area contributed by atoms with Gasteiger partial charge in [0.25, 0.3) is 0 Å². The van der Waals surface area contributed by atoms with Crippen molar-refractivity contribution in [3.8, 4) is 0 Å². The van der Waals surface area contributed by atoms with Crippen molar-refractivity contribution in [3.63, 3.8) is 0 Å². The third kappa shape index (κ3) is 1.73. The van der Waals surface area contributed by atoms with E-state index in [1.54, 1.807) is 0 Å². The summed E-state index contributed by atoms with van der Waals surface area (Å²) >= 11 is 0. The number of hydrogen-bond donors (Lipinski definition) is 1. The van der Waals surface area contributed by atoms with Crippen LogP contribution in [-0.2, 0) is 4.74 Å². The molecule has 3 fully saturated rings. The van der Waals surface area contributed by atoms with Crippen LogP contribution in [0.2, 0.25) is 0 Å². The van der Waals surface area contributed by atoms with Gasteiger partial charge in [0.15, 0.2) is 0 Å². The van der Waals surface area contributed by atoms with E-state index in [9.17, 15) is 0 Å². The van der Waals surface area contributed by atoms with Crippen LogP contribution in [0.25, 0.3) is 0 Å². The first-order chi connectivity index (χ1) is 6.35. The number of nitrogens with zero attached hydrogens (tertiary/aromatic N) is 1. The summed E-state index contributed by atoms with van der Waals surface area (Å²) in [6.45, 7) is 4.46. The van der Waals surface area contributed by atoms with Gasteiger partial charge in [0.05, 0.1) is 6.10 Å². The fourth-order valence-corrected chi connectivity index (χ4v) is 2.82. The van der Waals surface area contributed by atoms with Crippen molar-refractivity contribution in [3.05, 3.63) is 0 Å². The van der Waals surface area contributed by atoms with E-state index in [-0.39, 0.29) is 0 Å². The lowest BCUT2D eigenvalue weighted by atomic mass is 9.68. The molecule has 0 amide bonds. The zero-order valence-electron chi connectivity index (χ0n) is 8.41. The van der Waals surface area contributed by atoms with Gasteiger partial charge in [-0.25, -0.2) is 0 Å². The molecule has 3 aliphatic rings. The Bertz CT molecular complexity index is 162. The lowest BCUT2D eigenvalue weighted by Gasteiger charge is -2.52. The summed E-state index contributed by atoms with van der Waals surface area (Å²) in [6.07, 6.45) is 3.09. The molecular formula is C10H20N2O. The SMILES string of the molecule is COC1C2CC1CN(CCCN)C2. The molecule has 0 spiro atoms. The fraction of sp³-hybridized carbons (Fsp3) is 1.00. The van der Waals surface area contributed by atoms with Gasteiger partial charge in [-0.2, -0.15) is 0 Å². The standard InChI is InChI=1S/C10H20N2O/c1-13-10-8-5-9(10)7-12(6-8)4-2-3-11/h8-10H,2-7,11H2,1H3. The third-order valence-electron chi connectivity index (χ3n) is 3.47. The second kappa shape index (κ2) is 3.95. The van der Waals surface area contributed by atoms with Gasteiger partial charge >= 0.3 is 0 Å². The molecule has 2 saturated heterocycles. The Morgan fingerprint density at radius 1 is 1.38 bits per heavy atom. The summed E-state index contributed by atoms with van der Waals surface area (Å²) < 4.78 is 5.45. The van der Waals surface area contributed by atoms with E-state index in [2.05, 4.69) is 4.90 Å². The van der Waals surface area contributed by atoms with Gasteiger partial charge in [0, 0.05) is 20.2 Å². The van der Waals surface area contributed by atoms with Crippen LogP contribution in [0.3, 0.4) is 0 Å². The fourth-order valence-electron chi connectivity index (χ4n) is 2.82. The first-order valence-corrected chi connectivity index (χ1v) is 5.30. The van der Waals surface area contributed by atoms with Gasteiger partial charge in [-0.1, -0.05) is 0 Å². The van der Waals surface area contributed by atoms with E-state index in [0.717, 1.165) is 24.8 Å². The van der Waals surface area contributed by atoms with E-state index < -0.39 is 0 Å². The summed E-state index contributed by atoms with van der Waals surface area (Å²) in [7, 11) is 1.85. The zero-order valence-corrected chi connectivity index (χ0v) is 8.41. The molecule has 2 heterocycles. The minimum atomic E-state index is 0.564. The molecule has 1 aliphatic carbocycles. The van der Waals surface area contributed by atoms with Crippen molar-refractivity contribution in [1.29, 1.82) is 0 Å². The monoisotopic (exact) mass is 184 g/mol. The minimum absolute atomic E-state index is 0.564. The van der Waals surface area contributed by atoms with Crippen molar-refractivity contribution >= 4 is 0 Å². The summed E-state index contributed by atoms with van der Waals surface area (Å²) in [6, 6.07) is 0. The van der Waals surface area contributed by atoms with Gasteiger partial charge in [-0.05, 0) is 37.8 Å².